The van der Waals surface area contributed by atoms with Gasteiger partial charge in [0.1, 0.15) is 23.8 Å². The summed E-state index contributed by atoms with van der Waals surface area (Å²) >= 11 is 0. The number of hydrogen-bond acceptors (Lipinski definition) is 8. The maximum absolute atomic E-state index is 12.0. The summed E-state index contributed by atoms with van der Waals surface area (Å²) in [6.07, 6.45) is 6.34. The van der Waals surface area contributed by atoms with Gasteiger partial charge in [0.2, 0.25) is 5.91 Å². The van der Waals surface area contributed by atoms with E-state index >= 15 is 0 Å². The average Bonchev–Trinajstić information content (AvgIpc) is 2.81. The zero-order valence-corrected chi connectivity index (χ0v) is 17.3. The fourth-order valence-corrected chi connectivity index (χ4v) is 2.65. The topological polar surface area (TPSA) is 110 Å². The van der Waals surface area contributed by atoms with Crippen molar-refractivity contribution in [1.82, 2.24) is 20.3 Å². The van der Waals surface area contributed by atoms with E-state index < -0.39 is 0 Å². The fourth-order valence-electron chi connectivity index (χ4n) is 2.65. The van der Waals surface area contributed by atoms with E-state index in [0.29, 0.717) is 42.0 Å². The standard InChI is InChI=1S/C22H24N6O3/c1-30-17-8-6-16(13-18(17)31-2)7-9-22(29)25-12-11-24-20-14-21(27-15-26-20)28-19-5-3-4-10-23-19/h3-10,13-15H,11-12H2,1-2H3,(H,25,29)(H2,23,24,26,27,28)/b9-7+. The third-order valence-corrected chi connectivity index (χ3v) is 4.15. The minimum atomic E-state index is -0.197. The third kappa shape index (κ3) is 6.70. The monoisotopic (exact) mass is 420 g/mol. The van der Waals surface area contributed by atoms with Gasteiger partial charge in [-0.25, -0.2) is 15.0 Å². The van der Waals surface area contributed by atoms with E-state index in [2.05, 4.69) is 30.9 Å². The molecule has 160 valence electrons. The van der Waals surface area contributed by atoms with Crippen LogP contribution < -0.4 is 25.4 Å². The van der Waals surface area contributed by atoms with E-state index in [9.17, 15) is 4.79 Å². The fraction of sp³-hybridized carbons (Fsp3) is 0.182. The molecule has 0 saturated heterocycles. The summed E-state index contributed by atoms with van der Waals surface area (Å²) in [5, 5.41) is 9.07. The highest BCUT2D eigenvalue weighted by Gasteiger charge is 2.04. The lowest BCUT2D eigenvalue weighted by Gasteiger charge is -2.08. The number of pyridine rings is 1. The molecule has 0 unspecified atom stereocenters. The van der Waals surface area contributed by atoms with Crippen molar-refractivity contribution >= 4 is 29.4 Å². The Hall–Kier alpha value is -4.14. The highest BCUT2D eigenvalue weighted by Crippen LogP contribution is 2.27. The molecule has 2 heterocycles. The number of amides is 1. The Morgan fingerprint density at radius 1 is 0.935 bits per heavy atom. The molecule has 0 aliphatic heterocycles. The molecular weight excluding hydrogens is 396 g/mol. The van der Waals surface area contributed by atoms with Crippen LogP contribution in [0.2, 0.25) is 0 Å². The summed E-state index contributed by atoms with van der Waals surface area (Å²) < 4.78 is 10.5. The highest BCUT2D eigenvalue weighted by atomic mass is 16.5. The number of methoxy groups -OCH3 is 2. The lowest BCUT2D eigenvalue weighted by molar-refractivity contribution is -0.116. The van der Waals surface area contributed by atoms with Gasteiger partial charge < -0.3 is 25.4 Å². The Morgan fingerprint density at radius 2 is 1.77 bits per heavy atom. The van der Waals surface area contributed by atoms with Crippen molar-refractivity contribution < 1.29 is 14.3 Å². The van der Waals surface area contributed by atoms with Crippen LogP contribution in [0.3, 0.4) is 0 Å². The van der Waals surface area contributed by atoms with Gasteiger partial charge in [-0.1, -0.05) is 12.1 Å². The number of aromatic nitrogens is 3. The van der Waals surface area contributed by atoms with Gasteiger partial charge in [-0.15, -0.1) is 0 Å². The first kappa shape index (κ1) is 21.6. The van der Waals surface area contributed by atoms with Crippen molar-refractivity contribution in [3.8, 4) is 11.5 Å². The molecule has 0 saturated carbocycles. The van der Waals surface area contributed by atoms with Crippen molar-refractivity contribution in [3.63, 3.8) is 0 Å². The minimum Gasteiger partial charge on any atom is -0.493 e. The molecular formula is C22H24N6O3. The zero-order valence-electron chi connectivity index (χ0n) is 17.3. The lowest BCUT2D eigenvalue weighted by atomic mass is 10.2. The molecule has 1 amide bonds. The summed E-state index contributed by atoms with van der Waals surface area (Å²) in [6.45, 7) is 0.943. The number of nitrogens with zero attached hydrogens (tertiary/aromatic N) is 3. The van der Waals surface area contributed by atoms with E-state index in [0.717, 1.165) is 5.56 Å². The van der Waals surface area contributed by atoms with Crippen LogP contribution in [0, 0.1) is 0 Å². The first-order valence-electron chi connectivity index (χ1n) is 9.60. The van der Waals surface area contributed by atoms with Gasteiger partial charge in [-0.3, -0.25) is 4.79 Å². The number of rotatable bonds is 10. The zero-order chi connectivity index (χ0) is 21.9. The van der Waals surface area contributed by atoms with Crippen LogP contribution in [-0.4, -0.2) is 48.2 Å². The number of anilines is 3. The molecule has 2 aromatic heterocycles. The van der Waals surface area contributed by atoms with Crippen LogP contribution in [0.4, 0.5) is 17.5 Å². The smallest absolute Gasteiger partial charge is 0.244 e. The summed E-state index contributed by atoms with van der Waals surface area (Å²) in [5.74, 6) is 3.01. The maximum atomic E-state index is 12.0. The van der Waals surface area contributed by atoms with Crippen LogP contribution in [0.5, 0.6) is 11.5 Å². The quantitative estimate of drug-likeness (QED) is 0.339. The molecule has 31 heavy (non-hydrogen) atoms. The molecule has 9 heteroatoms. The second kappa shape index (κ2) is 11.1. The van der Waals surface area contributed by atoms with E-state index in [1.54, 1.807) is 44.7 Å². The summed E-state index contributed by atoms with van der Waals surface area (Å²) in [5.41, 5.74) is 0.833. The number of benzene rings is 1. The van der Waals surface area contributed by atoms with Gasteiger partial charge in [-0.05, 0) is 35.9 Å². The largest absolute Gasteiger partial charge is 0.493 e. The van der Waals surface area contributed by atoms with E-state index in [-0.39, 0.29) is 5.91 Å². The van der Waals surface area contributed by atoms with E-state index in [1.165, 1.54) is 12.4 Å². The third-order valence-electron chi connectivity index (χ3n) is 4.15. The number of carbonyl (C=O) groups is 1. The lowest BCUT2D eigenvalue weighted by Crippen LogP contribution is -2.27. The van der Waals surface area contributed by atoms with Crippen LogP contribution in [0.1, 0.15) is 5.56 Å². The normalized spacial score (nSPS) is 10.5. The molecule has 0 bridgehead atoms. The van der Waals surface area contributed by atoms with Crippen molar-refractivity contribution in [2.75, 3.05) is 37.9 Å². The average molecular weight is 420 g/mol. The molecule has 0 radical (unpaired) electrons. The van der Waals surface area contributed by atoms with Gasteiger partial charge in [0, 0.05) is 31.4 Å². The number of hydrogen-bond donors (Lipinski definition) is 3. The molecule has 3 N–H and O–H groups in total. The van der Waals surface area contributed by atoms with Crippen molar-refractivity contribution in [1.29, 1.82) is 0 Å². The Balaban J connectivity index is 1.44. The predicted octanol–water partition coefficient (Wildman–Crippen LogP) is 2.87. The van der Waals surface area contributed by atoms with Crippen molar-refractivity contribution in [2.45, 2.75) is 0 Å². The van der Waals surface area contributed by atoms with Crippen LogP contribution >= 0.6 is 0 Å². The van der Waals surface area contributed by atoms with Crippen molar-refractivity contribution in [3.05, 3.63) is 66.6 Å². The minimum absolute atomic E-state index is 0.197. The van der Waals surface area contributed by atoms with Crippen LogP contribution in [0.25, 0.3) is 6.08 Å². The van der Waals surface area contributed by atoms with Crippen LogP contribution in [-0.2, 0) is 4.79 Å². The second-order valence-electron chi connectivity index (χ2n) is 6.29. The van der Waals surface area contributed by atoms with Crippen molar-refractivity contribution in [2.24, 2.45) is 0 Å². The van der Waals surface area contributed by atoms with Gasteiger partial charge in [0.05, 0.1) is 14.2 Å². The summed E-state index contributed by atoms with van der Waals surface area (Å²) in [4.78, 5) is 24.6. The molecule has 0 aliphatic rings. The Kier molecular flexibility index (Phi) is 7.76. The number of carbonyl (C=O) groups excluding carboxylic acids is 1. The first-order valence-corrected chi connectivity index (χ1v) is 9.60. The van der Waals surface area contributed by atoms with Crippen LogP contribution in [0.15, 0.2) is 61.1 Å². The first-order chi connectivity index (χ1) is 15.2. The van der Waals surface area contributed by atoms with Gasteiger partial charge >= 0.3 is 0 Å². The number of ether oxygens (including phenoxy) is 2. The maximum Gasteiger partial charge on any atom is 0.244 e. The molecule has 3 aromatic rings. The Labute approximate surface area is 180 Å². The molecule has 0 atom stereocenters. The Morgan fingerprint density at radius 3 is 2.55 bits per heavy atom. The Bertz CT molecular complexity index is 1030. The van der Waals surface area contributed by atoms with Gasteiger partial charge in [-0.2, -0.15) is 0 Å². The molecule has 1 aromatic carbocycles. The van der Waals surface area contributed by atoms with Gasteiger partial charge in [0.25, 0.3) is 0 Å². The summed E-state index contributed by atoms with van der Waals surface area (Å²) in [6, 6.07) is 12.8. The van der Waals surface area contributed by atoms with E-state index in [1.807, 2.05) is 24.3 Å². The van der Waals surface area contributed by atoms with Gasteiger partial charge in [0.15, 0.2) is 11.5 Å². The SMILES string of the molecule is COc1ccc(/C=C/C(=O)NCCNc2cc(Nc3ccccn3)ncn2)cc1OC. The molecule has 0 aliphatic carbocycles. The molecule has 3 rings (SSSR count). The predicted molar refractivity (Wildman–Crippen MR) is 120 cm³/mol. The number of nitrogens with one attached hydrogen (secondary N) is 3. The van der Waals surface area contributed by atoms with E-state index in [4.69, 9.17) is 9.47 Å². The molecule has 0 fully saturated rings. The second-order valence-corrected chi connectivity index (χ2v) is 6.29. The molecule has 0 spiro atoms. The highest BCUT2D eigenvalue weighted by molar-refractivity contribution is 5.91. The summed E-state index contributed by atoms with van der Waals surface area (Å²) in [7, 11) is 3.15. The molecule has 9 nitrogen and oxygen atoms in total.